The van der Waals surface area contributed by atoms with E-state index < -0.39 is 76.7 Å². The Hall–Kier alpha value is -3.48. The van der Waals surface area contributed by atoms with Gasteiger partial charge < -0.3 is 0 Å². The number of carboxylic acids is 2. The van der Waals surface area contributed by atoms with Crippen molar-refractivity contribution >= 4 is 61.0 Å². The van der Waals surface area contributed by atoms with Crippen molar-refractivity contribution in [2.24, 2.45) is 0 Å². The van der Waals surface area contributed by atoms with Crippen LogP contribution < -0.4 is 19.6 Å². The van der Waals surface area contributed by atoms with Gasteiger partial charge >= 0.3 is 194 Å². The van der Waals surface area contributed by atoms with Gasteiger partial charge in [-0.2, -0.15) is 0 Å². The van der Waals surface area contributed by atoms with E-state index in [0.29, 0.717) is 0 Å². The maximum atomic E-state index is 12.6. The molecule has 13 nitrogen and oxygen atoms in total. The number of aromatic hydroxyl groups is 2. The third-order valence-corrected chi connectivity index (χ3v) is 9.63. The summed E-state index contributed by atoms with van der Waals surface area (Å²) in [6, 6.07) is 6.42. The Balaban J connectivity index is 2.18. The Morgan fingerprint density at radius 2 is 1.09 bits per heavy atom. The Bertz CT molecular complexity index is 1080. The maximum absolute atomic E-state index is 12.6. The molecule has 2 aromatic carbocycles. The second kappa shape index (κ2) is 11.4. The quantitative estimate of drug-likeness (QED) is 0.161. The van der Waals surface area contributed by atoms with Gasteiger partial charge in [0.1, 0.15) is 0 Å². The van der Waals surface area contributed by atoms with Gasteiger partial charge in [0.25, 0.3) is 0 Å². The van der Waals surface area contributed by atoms with Crippen molar-refractivity contribution < 1.29 is 50.2 Å². The molecule has 0 heterocycles. The van der Waals surface area contributed by atoms with Gasteiger partial charge in [-0.15, -0.1) is 0 Å². The van der Waals surface area contributed by atoms with E-state index in [1.165, 1.54) is 12.1 Å². The first kappa shape index (κ1) is 25.8. The Kier molecular flexibility index (Phi) is 8.91. The molecule has 0 saturated carbocycles. The number of rotatable bonds is 10. The minimum atomic E-state index is -3.50. The van der Waals surface area contributed by atoms with E-state index in [1.54, 1.807) is 0 Å². The summed E-state index contributed by atoms with van der Waals surface area (Å²) >= 11 is -6.99. The zero-order chi connectivity index (χ0) is 24.7. The van der Waals surface area contributed by atoms with E-state index in [9.17, 15) is 37.1 Å². The van der Waals surface area contributed by atoms with Crippen LogP contribution in [-0.4, -0.2) is 85.6 Å². The molecule has 0 radical (unpaired) electrons. The predicted octanol–water partition coefficient (Wildman–Crippen LogP) is -2.31. The van der Waals surface area contributed by atoms with Crippen LogP contribution in [-0.2, 0) is 20.2 Å². The van der Waals surface area contributed by atoms with Crippen LogP contribution in [0, 0.1) is 0 Å². The molecule has 0 aromatic heterocycles. The van der Waals surface area contributed by atoms with E-state index in [0.717, 1.165) is 24.3 Å². The fraction of sp³-hybridized carbons (Fsp3) is 0.111. The summed E-state index contributed by atoms with van der Waals surface area (Å²) in [6.45, 7) is -1.43. The molecule has 0 aliphatic carbocycles. The molecular weight excluding hydrogens is 578 g/mol. The van der Waals surface area contributed by atoms with E-state index in [2.05, 4.69) is 0 Å². The Labute approximate surface area is 193 Å². The van der Waals surface area contributed by atoms with Gasteiger partial charge in [-0.05, 0) is 0 Å². The number of hydrogen-bond acceptors (Lipinski definition) is 9. The summed E-state index contributed by atoms with van der Waals surface area (Å²) < 4.78 is 30.1. The van der Waals surface area contributed by atoms with Crippen LogP contribution in [0.2, 0.25) is 0 Å². The predicted molar refractivity (Wildman–Crippen MR) is 109 cm³/mol. The molecule has 6 N–H and O–H groups in total. The average Bonchev–Trinajstić information content (AvgIpc) is 2.76. The Morgan fingerprint density at radius 3 is 1.42 bits per heavy atom. The number of phenols is 2. The molecule has 0 fully saturated rings. The fourth-order valence-electron chi connectivity index (χ4n) is 2.24. The van der Waals surface area contributed by atoms with Crippen LogP contribution in [0.15, 0.2) is 36.4 Å². The van der Waals surface area contributed by atoms with E-state index in [4.69, 9.17) is 13.1 Å². The fourth-order valence-corrected chi connectivity index (χ4v) is 7.39. The van der Waals surface area contributed by atoms with Gasteiger partial charge in [0.2, 0.25) is 0 Å². The van der Waals surface area contributed by atoms with Crippen molar-refractivity contribution in [2.75, 3.05) is 13.1 Å². The van der Waals surface area contributed by atoms with Crippen LogP contribution in [0.3, 0.4) is 0 Å². The zero-order valence-electron chi connectivity index (χ0n) is 16.3. The number of carbonyl (C=O) groups is 4. The SMILES string of the molecule is O=C(O)CNC(=O)c1cc([Se](=O)O[Se](=O)c2ccc(O)c(C(=O)NCC(=O)O)c2)ccc1O. The summed E-state index contributed by atoms with van der Waals surface area (Å²) in [6.07, 6.45) is 0. The van der Waals surface area contributed by atoms with Crippen LogP contribution >= 0.6 is 0 Å². The number of amides is 2. The summed E-state index contributed by atoms with van der Waals surface area (Å²) in [7, 11) is 0. The van der Waals surface area contributed by atoms with Crippen molar-refractivity contribution in [1.29, 1.82) is 0 Å². The number of phenolic OH excluding ortho intramolecular Hbond substituents is 2. The van der Waals surface area contributed by atoms with Crippen molar-refractivity contribution in [3.8, 4) is 11.5 Å². The molecule has 2 aromatic rings. The molecule has 0 bridgehead atoms. The van der Waals surface area contributed by atoms with Crippen LogP contribution in [0.1, 0.15) is 20.7 Å². The van der Waals surface area contributed by atoms with Crippen LogP contribution in [0.4, 0.5) is 0 Å². The van der Waals surface area contributed by atoms with E-state index >= 15 is 0 Å². The standard InChI is InChI=1S/C18H16N2O11Se2/c21-13-3-1-9(5-11(13)17(27)19-7-15(23)24)32(29)31-33(30)10-2-4-14(22)12(6-10)18(28)20-8-16(25)26/h1-6,21-22H,7-8H2,(H,19,27)(H,20,28)(H,23,24)(H,25,26). The van der Waals surface area contributed by atoms with Crippen molar-refractivity contribution in [3.63, 3.8) is 0 Å². The van der Waals surface area contributed by atoms with Crippen molar-refractivity contribution in [2.45, 2.75) is 0 Å². The second-order valence-electron chi connectivity index (χ2n) is 6.05. The molecule has 0 unspecified atom stereocenters. The zero-order valence-corrected chi connectivity index (χ0v) is 19.8. The number of benzene rings is 2. The molecule has 0 saturated heterocycles. The van der Waals surface area contributed by atoms with Gasteiger partial charge in [0.05, 0.1) is 0 Å². The normalized spacial score (nSPS) is 12.4. The number of hydrogen-bond donors (Lipinski definition) is 6. The number of aliphatic carboxylic acids is 2. The minimum absolute atomic E-state index is 0.0731. The molecule has 0 atom stereocenters. The first-order valence-electron chi connectivity index (χ1n) is 8.68. The Morgan fingerprint density at radius 1 is 0.727 bits per heavy atom. The van der Waals surface area contributed by atoms with Crippen LogP contribution in [0.25, 0.3) is 0 Å². The number of nitrogens with one attached hydrogen (secondary N) is 2. The summed E-state index contributed by atoms with van der Waals surface area (Å²) in [5, 5.41) is 40.9. The first-order valence-corrected chi connectivity index (χ1v) is 13.2. The third-order valence-electron chi connectivity index (χ3n) is 3.73. The molecular formula is C18H16N2O11Se2. The van der Waals surface area contributed by atoms with Gasteiger partial charge in [-0.1, -0.05) is 0 Å². The summed E-state index contributed by atoms with van der Waals surface area (Å²) in [4.78, 5) is 45.1. The molecule has 33 heavy (non-hydrogen) atoms. The van der Waals surface area contributed by atoms with E-state index in [-0.39, 0.29) is 20.1 Å². The molecule has 0 spiro atoms. The summed E-state index contributed by atoms with van der Waals surface area (Å²) in [5.74, 6) is -5.54. The van der Waals surface area contributed by atoms with E-state index in [1.807, 2.05) is 10.6 Å². The third kappa shape index (κ3) is 7.27. The van der Waals surface area contributed by atoms with Gasteiger partial charge in [0.15, 0.2) is 0 Å². The summed E-state index contributed by atoms with van der Waals surface area (Å²) in [5.41, 5.74) is -0.738. The second-order valence-corrected chi connectivity index (χ2v) is 11.8. The number of carboxylic acid groups (broad SMARTS) is 2. The molecule has 2 rings (SSSR count). The monoisotopic (exact) mass is 596 g/mol. The van der Waals surface area contributed by atoms with Gasteiger partial charge in [0, 0.05) is 0 Å². The first-order chi connectivity index (χ1) is 15.5. The molecule has 2 amide bonds. The average molecular weight is 594 g/mol. The van der Waals surface area contributed by atoms with Crippen LogP contribution in [0.5, 0.6) is 11.5 Å². The molecule has 0 aliphatic heterocycles. The molecule has 176 valence electrons. The number of carbonyl (C=O) groups excluding carboxylic acids is 2. The molecule has 15 heteroatoms. The molecule has 0 aliphatic rings. The van der Waals surface area contributed by atoms with Crippen molar-refractivity contribution in [1.82, 2.24) is 10.6 Å². The van der Waals surface area contributed by atoms with Crippen molar-refractivity contribution in [3.05, 3.63) is 47.5 Å². The van der Waals surface area contributed by atoms with Gasteiger partial charge in [-0.25, -0.2) is 0 Å². The topological polar surface area (TPSA) is 217 Å². The van der Waals surface area contributed by atoms with Gasteiger partial charge in [-0.3, -0.25) is 0 Å².